The Labute approximate surface area is 111 Å². The van der Waals surface area contributed by atoms with Crippen molar-refractivity contribution in [3.8, 4) is 0 Å². The number of hydrogen-bond acceptors (Lipinski definition) is 4. The van der Waals surface area contributed by atoms with Gasteiger partial charge in [0, 0.05) is 12.4 Å². The Hall–Kier alpha value is -2.56. The highest BCUT2D eigenvalue weighted by Crippen LogP contribution is 2.00. The number of pyridine rings is 2. The Kier molecular flexibility index (Phi) is 3.97. The maximum Gasteiger partial charge on any atom is 0.171 e. The predicted octanol–water partition coefficient (Wildman–Crippen LogP) is 1.91. The molecule has 0 aliphatic rings. The minimum absolute atomic E-state index is 0.287. The highest BCUT2D eigenvalue weighted by Gasteiger charge is 2.00. The summed E-state index contributed by atoms with van der Waals surface area (Å²) in [6, 6.07) is 9.37. The summed E-state index contributed by atoms with van der Waals surface area (Å²) in [4.78, 5) is 8.37. The van der Waals surface area contributed by atoms with E-state index in [2.05, 4.69) is 20.2 Å². The van der Waals surface area contributed by atoms with E-state index in [-0.39, 0.29) is 5.84 Å². The van der Waals surface area contributed by atoms with Crippen molar-refractivity contribution >= 4 is 11.5 Å². The summed E-state index contributed by atoms with van der Waals surface area (Å²) in [6.45, 7) is 3.80. The largest absolute Gasteiger partial charge is 0.380 e. The Morgan fingerprint density at radius 3 is 2.53 bits per heavy atom. The molecule has 0 saturated carbocycles. The van der Waals surface area contributed by atoms with Crippen molar-refractivity contribution < 1.29 is 0 Å². The number of aromatic nitrogens is 2. The van der Waals surface area contributed by atoms with E-state index >= 15 is 0 Å². The number of hydrogen-bond donors (Lipinski definition) is 1. The van der Waals surface area contributed by atoms with Crippen LogP contribution in [0.5, 0.6) is 0 Å². The van der Waals surface area contributed by atoms with E-state index in [1.165, 1.54) is 0 Å². The number of nitrogens with zero attached hydrogens (tertiary/aromatic N) is 4. The lowest BCUT2D eigenvalue weighted by Gasteiger charge is -1.99. The topological polar surface area (TPSA) is 76.5 Å². The molecule has 0 amide bonds. The molecular formula is C14H15N5. The molecule has 2 aromatic rings. The first-order valence-corrected chi connectivity index (χ1v) is 5.89. The number of aryl methyl sites for hydroxylation is 1. The van der Waals surface area contributed by atoms with Gasteiger partial charge in [0.2, 0.25) is 0 Å². The predicted molar refractivity (Wildman–Crippen MR) is 76.1 cm³/mol. The van der Waals surface area contributed by atoms with Crippen molar-refractivity contribution in [2.24, 2.45) is 15.9 Å². The fourth-order valence-corrected chi connectivity index (χ4v) is 1.43. The van der Waals surface area contributed by atoms with E-state index in [1.807, 2.05) is 44.2 Å². The quantitative estimate of drug-likeness (QED) is 0.515. The molecule has 5 heteroatoms. The molecule has 5 nitrogen and oxygen atoms in total. The van der Waals surface area contributed by atoms with Gasteiger partial charge in [-0.3, -0.25) is 9.97 Å². The van der Waals surface area contributed by atoms with E-state index in [0.717, 1.165) is 11.3 Å². The van der Waals surface area contributed by atoms with Crippen LogP contribution in [-0.2, 0) is 0 Å². The maximum absolute atomic E-state index is 5.83. The molecule has 0 aliphatic carbocycles. The van der Waals surface area contributed by atoms with Crippen LogP contribution in [0.25, 0.3) is 0 Å². The van der Waals surface area contributed by atoms with E-state index in [4.69, 9.17) is 5.73 Å². The molecule has 96 valence electrons. The Balaban J connectivity index is 2.20. The van der Waals surface area contributed by atoms with Gasteiger partial charge in [-0.2, -0.15) is 5.10 Å². The van der Waals surface area contributed by atoms with Gasteiger partial charge < -0.3 is 5.73 Å². The fourth-order valence-electron chi connectivity index (χ4n) is 1.43. The van der Waals surface area contributed by atoms with Gasteiger partial charge in [-0.15, -0.1) is 5.10 Å². The molecule has 0 aromatic carbocycles. The maximum atomic E-state index is 5.83. The lowest BCUT2D eigenvalue weighted by atomic mass is 10.2. The zero-order chi connectivity index (χ0) is 13.7. The third-order valence-electron chi connectivity index (χ3n) is 2.52. The van der Waals surface area contributed by atoms with Crippen LogP contribution in [0.4, 0.5) is 0 Å². The summed E-state index contributed by atoms with van der Waals surface area (Å²) in [7, 11) is 0. The van der Waals surface area contributed by atoms with Crippen LogP contribution in [0, 0.1) is 6.92 Å². The lowest BCUT2D eigenvalue weighted by Crippen LogP contribution is -2.14. The third-order valence-corrected chi connectivity index (χ3v) is 2.52. The van der Waals surface area contributed by atoms with Crippen molar-refractivity contribution in [3.63, 3.8) is 0 Å². The average molecular weight is 253 g/mol. The molecule has 2 aromatic heterocycles. The fraction of sp³-hybridized carbons (Fsp3) is 0.143. The minimum atomic E-state index is 0.287. The summed E-state index contributed by atoms with van der Waals surface area (Å²) >= 11 is 0. The molecule has 2 N–H and O–H groups in total. The van der Waals surface area contributed by atoms with Gasteiger partial charge in [-0.25, -0.2) is 0 Å². The normalized spacial score (nSPS) is 12.5. The van der Waals surface area contributed by atoms with Crippen LogP contribution < -0.4 is 5.73 Å². The van der Waals surface area contributed by atoms with Crippen LogP contribution >= 0.6 is 0 Å². The zero-order valence-corrected chi connectivity index (χ0v) is 10.9. The van der Waals surface area contributed by atoms with Crippen LogP contribution in [0.3, 0.4) is 0 Å². The highest BCUT2D eigenvalue weighted by molar-refractivity contribution is 5.99. The average Bonchev–Trinajstić information content (AvgIpc) is 2.46. The lowest BCUT2D eigenvalue weighted by molar-refractivity contribution is 1.16. The minimum Gasteiger partial charge on any atom is -0.380 e. The molecule has 0 radical (unpaired) electrons. The van der Waals surface area contributed by atoms with Gasteiger partial charge in [-0.1, -0.05) is 12.1 Å². The summed E-state index contributed by atoms with van der Waals surface area (Å²) in [5, 5.41) is 8.05. The molecule has 0 unspecified atom stereocenters. The molecule has 19 heavy (non-hydrogen) atoms. The van der Waals surface area contributed by atoms with Gasteiger partial charge in [0.05, 0.1) is 11.4 Å². The van der Waals surface area contributed by atoms with Gasteiger partial charge in [0.15, 0.2) is 5.84 Å². The second kappa shape index (κ2) is 5.86. The third kappa shape index (κ3) is 3.45. The standard InChI is InChI=1S/C14H15N5/c1-10-6-7-13(17-9-10)14(15)19-18-11(2)12-5-3-4-8-16-12/h3-9H,1-2H3,(H2,15,19)/b18-11+. The highest BCUT2D eigenvalue weighted by atomic mass is 15.2. The van der Waals surface area contributed by atoms with Crippen LogP contribution in [0.1, 0.15) is 23.9 Å². The molecule has 0 fully saturated rings. The Morgan fingerprint density at radius 2 is 1.89 bits per heavy atom. The number of nitrogens with two attached hydrogens (primary N) is 1. The zero-order valence-electron chi connectivity index (χ0n) is 10.9. The molecule has 0 bridgehead atoms. The molecule has 0 atom stereocenters. The van der Waals surface area contributed by atoms with Crippen molar-refractivity contribution in [2.75, 3.05) is 0 Å². The van der Waals surface area contributed by atoms with Crippen molar-refractivity contribution in [1.29, 1.82) is 0 Å². The molecule has 0 aliphatic heterocycles. The Morgan fingerprint density at radius 1 is 1.05 bits per heavy atom. The first-order valence-electron chi connectivity index (χ1n) is 5.89. The van der Waals surface area contributed by atoms with Crippen LogP contribution in [0.2, 0.25) is 0 Å². The van der Waals surface area contributed by atoms with E-state index in [0.29, 0.717) is 11.4 Å². The van der Waals surface area contributed by atoms with Crippen LogP contribution in [0.15, 0.2) is 52.9 Å². The van der Waals surface area contributed by atoms with Crippen molar-refractivity contribution in [1.82, 2.24) is 9.97 Å². The van der Waals surface area contributed by atoms with Gasteiger partial charge in [-0.05, 0) is 37.6 Å². The van der Waals surface area contributed by atoms with E-state index in [9.17, 15) is 0 Å². The van der Waals surface area contributed by atoms with Crippen LogP contribution in [-0.4, -0.2) is 21.5 Å². The molecule has 0 saturated heterocycles. The summed E-state index contributed by atoms with van der Waals surface area (Å²) in [6.07, 6.45) is 3.45. The van der Waals surface area contributed by atoms with Gasteiger partial charge in [0.1, 0.15) is 5.69 Å². The first kappa shape index (κ1) is 12.9. The summed E-state index contributed by atoms with van der Waals surface area (Å²) in [5.74, 6) is 0.287. The van der Waals surface area contributed by atoms with Crippen molar-refractivity contribution in [3.05, 3.63) is 59.7 Å². The molecule has 0 spiro atoms. The summed E-state index contributed by atoms with van der Waals surface area (Å²) in [5.41, 5.74) is 9.00. The van der Waals surface area contributed by atoms with Gasteiger partial charge in [0.25, 0.3) is 0 Å². The second-order valence-corrected chi connectivity index (χ2v) is 4.11. The molecular weight excluding hydrogens is 238 g/mol. The van der Waals surface area contributed by atoms with E-state index in [1.54, 1.807) is 12.4 Å². The second-order valence-electron chi connectivity index (χ2n) is 4.11. The first-order chi connectivity index (χ1) is 9.16. The van der Waals surface area contributed by atoms with E-state index < -0.39 is 0 Å². The molecule has 2 heterocycles. The number of amidine groups is 1. The SMILES string of the molecule is C/C(=N\N=C(/N)c1ccc(C)cn1)c1ccccn1. The Bertz CT molecular complexity index is 599. The van der Waals surface area contributed by atoms with Gasteiger partial charge >= 0.3 is 0 Å². The number of rotatable bonds is 3. The monoisotopic (exact) mass is 253 g/mol. The summed E-state index contributed by atoms with van der Waals surface area (Å²) < 4.78 is 0. The molecule has 2 rings (SSSR count). The van der Waals surface area contributed by atoms with Crippen molar-refractivity contribution in [2.45, 2.75) is 13.8 Å². The smallest absolute Gasteiger partial charge is 0.171 e.